The number of piperidine rings is 1. The second-order valence-electron chi connectivity index (χ2n) is 7.87. The van der Waals surface area contributed by atoms with Crippen LogP contribution in [0.25, 0.3) is 0 Å². The molecular weight excluding hydrogens is 396 g/mol. The minimum absolute atomic E-state index is 0.0387. The average molecular weight is 425 g/mol. The number of aromatic nitrogens is 1. The van der Waals surface area contributed by atoms with E-state index in [0.717, 1.165) is 55.1 Å². The fourth-order valence-electron chi connectivity index (χ4n) is 3.93. The van der Waals surface area contributed by atoms with Crippen LogP contribution in [0.4, 0.5) is 4.79 Å². The van der Waals surface area contributed by atoms with Gasteiger partial charge in [-0.05, 0) is 55.5 Å². The van der Waals surface area contributed by atoms with Crippen LogP contribution in [0.2, 0.25) is 0 Å². The van der Waals surface area contributed by atoms with E-state index in [1.165, 1.54) is 0 Å². The number of carbonyl (C=O) groups is 2. The Bertz CT molecular complexity index is 845. The van der Waals surface area contributed by atoms with Gasteiger partial charge < -0.3 is 15.1 Å². The normalized spacial score (nSPS) is 17.2. The molecule has 2 aliphatic rings. The Kier molecular flexibility index (Phi) is 6.89. The van der Waals surface area contributed by atoms with Crippen molar-refractivity contribution in [3.63, 3.8) is 0 Å². The third kappa shape index (κ3) is 5.33. The van der Waals surface area contributed by atoms with Crippen LogP contribution in [0.15, 0.2) is 53.7 Å². The maximum atomic E-state index is 12.6. The van der Waals surface area contributed by atoms with Crippen molar-refractivity contribution in [3.05, 3.63) is 59.8 Å². The highest BCUT2D eigenvalue weighted by Gasteiger charge is 2.28. The number of hydrogen-bond acceptors (Lipinski definition) is 4. The number of amides is 3. The second kappa shape index (κ2) is 9.98. The first kappa shape index (κ1) is 20.7. The average Bonchev–Trinajstić information content (AvgIpc) is 3.34. The smallest absolute Gasteiger partial charge is 0.319 e. The molecule has 158 valence electrons. The highest BCUT2D eigenvalue weighted by atomic mass is 32.2. The highest BCUT2D eigenvalue weighted by Crippen LogP contribution is 2.21. The van der Waals surface area contributed by atoms with Crippen molar-refractivity contribution in [1.29, 1.82) is 0 Å². The summed E-state index contributed by atoms with van der Waals surface area (Å²) in [6.07, 6.45) is 5.63. The standard InChI is InChI=1S/C23H28N4O2S/c28-22(19-8-6-18(7-9-19)17-30-21-5-1-2-12-24-21)25-20-10-15-27(16-11-20)23(29)26-13-3-4-14-26/h1-2,5-9,12,20H,3-4,10-11,13-17H2,(H,25,28). The van der Waals surface area contributed by atoms with Gasteiger partial charge >= 0.3 is 6.03 Å². The maximum Gasteiger partial charge on any atom is 0.319 e. The molecule has 0 aliphatic carbocycles. The lowest BCUT2D eigenvalue weighted by Gasteiger charge is -2.34. The molecule has 2 aromatic rings. The number of nitrogens with zero attached hydrogens (tertiary/aromatic N) is 3. The van der Waals surface area contributed by atoms with E-state index in [1.54, 1.807) is 18.0 Å². The molecule has 2 fully saturated rings. The number of pyridine rings is 1. The fourth-order valence-corrected chi connectivity index (χ4v) is 4.75. The van der Waals surface area contributed by atoms with Crippen molar-refractivity contribution in [1.82, 2.24) is 20.1 Å². The molecule has 6 nitrogen and oxygen atoms in total. The van der Waals surface area contributed by atoms with Crippen LogP contribution in [0.3, 0.4) is 0 Å². The number of rotatable bonds is 5. The predicted molar refractivity (Wildman–Crippen MR) is 119 cm³/mol. The van der Waals surface area contributed by atoms with E-state index in [-0.39, 0.29) is 18.0 Å². The predicted octanol–water partition coefficient (Wildman–Crippen LogP) is 3.78. The third-order valence-electron chi connectivity index (χ3n) is 5.72. The molecule has 0 unspecified atom stereocenters. The molecule has 0 radical (unpaired) electrons. The summed E-state index contributed by atoms with van der Waals surface area (Å²) < 4.78 is 0. The van der Waals surface area contributed by atoms with Gasteiger partial charge in [-0.3, -0.25) is 4.79 Å². The molecule has 30 heavy (non-hydrogen) atoms. The Labute approximate surface area is 182 Å². The first-order chi connectivity index (χ1) is 14.7. The summed E-state index contributed by atoms with van der Waals surface area (Å²) in [5.41, 5.74) is 1.84. The molecule has 2 aliphatic heterocycles. The van der Waals surface area contributed by atoms with E-state index in [9.17, 15) is 9.59 Å². The second-order valence-corrected chi connectivity index (χ2v) is 8.86. The van der Waals surface area contributed by atoms with Crippen LogP contribution < -0.4 is 5.32 Å². The Hall–Kier alpha value is -2.54. The van der Waals surface area contributed by atoms with Crippen LogP contribution in [0.1, 0.15) is 41.6 Å². The van der Waals surface area contributed by atoms with Crippen molar-refractivity contribution in [3.8, 4) is 0 Å². The largest absolute Gasteiger partial charge is 0.349 e. The Morgan fingerprint density at radius 2 is 1.67 bits per heavy atom. The van der Waals surface area contributed by atoms with Crippen LogP contribution in [-0.4, -0.2) is 58.9 Å². The fraction of sp³-hybridized carbons (Fsp3) is 0.435. The molecule has 3 heterocycles. The van der Waals surface area contributed by atoms with E-state index in [4.69, 9.17) is 0 Å². The summed E-state index contributed by atoms with van der Waals surface area (Å²) in [5, 5.41) is 4.13. The monoisotopic (exact) mass is 424 g/mol. The number of benzene rings is 1. The Morgan fingerprint density at radius 1 is 0.967 bits per heavy atom. The zero-order valence-corrected chi connectivity index (χ0v) is 17.9. The number of carbonyl (C=O) groups excluding carboxylic acids is 2. The van der Waals surface area contributed by atoms with Gasteiger partial charge in [-0.15, -0.1) is 11.8 Å². The van der Waals surface area contributed by atoms with Gasteiger partial charge in [0, 0.05) is 49.7 Å². The number of hydrogen-bond donors (Lipinski definition) is 1. The molecule has 2 saturated heterocycles. The van der Waals surface area contributed by atoms with Gasteiger partial charge in [-0.25, -0.2) is 9.78 Å². The summed E-state index contributed by atoms with van der Waals surface area (Å²) in [4.78, 5) is 33.3. The molecule has 3 amide bonds. The number of nitrogens with one attached hydrogen (secondary N) is 1. The Morgan fingerprint density at radius 3 is 2.33 bits per heavy atom. The molecule has 0 bridgehead atoms. The summed E-state index contributed by atoms with van der Waals surface area (Å²) >= 11 is 1.68. The van der Waals surface area contributed by atoms with Gasteiger partial charge in [-0.2, -0.15) is 0 Å². The molecule has 0 spiro atoms. The van der Waals surface area contributed by atoms with Crippen molar-refractivity contribution in [2.75, 3.05) is 26.2 Å². The number of thioether (sulfide) groups is 1. The van der Waals surface area contributed by atoms with Crippen molar-refractivity contribution >= 4 is 23.7 Å². The van der Waals surface area contributed by atoms with Crippen LogP contribution in [0, 0.1) is 0 Å². The summed E-state index contributed by atoms with van der Waals surface area (Å²) in [5.74, 6) is 0.783. The topological polar surface area (TPSA) is 65.5 Å². The van der Waals surface area contributed by atoms with Gasteiger partial charge in [0.05, 0.1) is 5.03 Å². The van der Waals surface area contributed by atoms with Crippen LogP contribution in [-0.2, 0) is 5.75 Å². The quantitative estimate of drug-likeness (QED) is 0.742. The van der Waals surface area contributed by atoms with Gasteiger partial charge in [0.25, 0.3) is 5.91 Å². The summed E-state index contributed by atoms with van der Waals surface area (Å²) in [6, 6.07) is 13.9. The number of urea groups is 1. The maximum absolute atomic E-state index is 12.6. The lowest BCUT2D eigenvalue weighted by Crippen LogP contribution is -2.50. The molecular formula is C23H28N4O2S. The van der Waals surface area contributed by atoms with E-state index in [1.807, 2.05) is 52.3 Å². The minimum atomic E-state index is -0.0387. The summed E-state index contributed by atoms with van der Waals surface area (Å²) in [6.45, 7) is 3.19. The molecule has 7 heteroatoms. The lowest BCUT2D eigenvalue weighted by atomic mass is 10.0. The van der Waals surface area contributed by atoms with E-state index < -0.39 is 0 Å². The zero-order valence-electron chi connectivity index (χ0n) is 17.1. The lowest BCUT2D eigenvalue weighted by molar-refractivity contribution is 0.0912. The third-order valence-corrected chi connectivity index (χ3v) is 6.73. The van der Waals surface area contributed by atoms with E-state index in [2.05, 4.69) is 10.3 Å². The first-order valence-corrected chi connectivity index (χ1v) is 11.6. The minimum Gasteiger partial charge on any atom is -0.349 e. The van der Waals surface area contributed by atoms with E-state index in [0.29, 0.717) is 18.7 Å². The van der Waals surface area contributed by atoms with Gasteiger partial charge in [-0.1, -0.05) is 18.2 Å². The highest BCUT2D eigenvalue weighted by molar-refractivity contribution is 7.98. The molecule has 1 aromatic heterocycles. The van der Waals surface area contributed by atoms with E-state index >= 15 is 0 Å². The van der Waals surface area contributed by atoms with Crippen molar-refractivity contribution in [2.45, 2.75) is 42.5 Å². The van der Waals surface area contributed by atoms with Crippen molar-refractivity contribution < 1.29 is 9.59 Å². The molecule has 4 rings (SSSR count). The van der Waals surface area contributed by atoms with Gasteiger partial charge in [0.1, 0.15) is 0 Å². The molecule has 1 N–H and O–H groups in total. The SMILES string of the molecule is O=C(NC1CCN(C(=O)N2CCCC2)CC1)c1ccc(CSc2ccccn2)cc1. The Balaban J connectivity index is 1.22. The van der Waals surface area contributed by atoms with Gasteiger partial charge in [0.15, 0.2) is 0 Å². The molecule has 0 saturated carbocycles. The van der Waals surface area contributed by atoms with Gasteiger partial charge in [0.2, 0.25) is 0 Å². The van der Waals surface area contributed by atoms with Crippen molar-refractivity contribution in [2.24, 2.45) is 0 Å². The van der Waals surface area contributed by atoms with Crippen LogP contribution in [0.5, 0.6) is 0 Å². The first-order valence-electron chi connectivity index (χ1n) is 10.7. The zero-order chi connectivity index (χ0) is 20.8. The summed E-state index contributed by atoms with van der Waals surface area (Å²) in [7, 11) is 0. The number of likely N-dealkylation sites (tertiary alicyclic amines) is 2. The van der Waals surface area contributed by atoms with Crippen LogP contribution >= 0.6 is 11.8 Å². The molecule has 1 aromatic carbocycles. The molecule has 0 atom stereocenters.